The molecule has 2 heterocycles. The third kappa shape index (κ3) is 4.60. The molecule has 0 saturated heterocycles. The Morgan fingerprint density at radius 1 is 1.00 bits per heavy atom. The zero-order valence-electron chi connectivity index (χ0n) is 14.6. The molecule has 2 aromatic heterocycles. The highest BCUT2D eigenvalue weighted by atomic mass is 35.5. The fourth-order valence-corrected chi connectivity index (χ4v) is 2.40. The van der Waals surface area contributed by atoms with Crippen molar-refractivity contribution >= 4 is 29.1 Å². The van der Waals surface area contributed by atoms with Gasteiger partial charge < -0.3 is 15.4 Å². The van der Waals surface area contributed by atoms with Gasteiger partial charge in [0, 0.05) is 42.3 Å². The number of aromatic nitrogens is 2. The van der Waals surface area contributed by atoms with E-state index >= 15 is 0 Å². The Hall–Kier alpha value is -3.52. The van der Waals surface area contributed by atoms with E-state index in [0.717, 1.165) is 6.07 Å². The standard InChI is InChI=1S/C19H14ClFN4O3/c1-22-18(26)16-10-13(5-7-24-16)28-17-3-2-12(9-14(17)21)25-19(27)15-8-11(20)4-6-23-15/h2-10H,1H3,(H,22,26)(H,25,27). The number of hydrogen-bond acceptors (Lipinski definition) is 5. The van der Waals surface area contributed by atoms with Gasteiger partial charge in [0.2, 0.25) is 0 Å². The molecule has 0 spiro atoms. The van der Waals surface area contributed by atoms with Crippen LogP contribution in [0.15, 0.2) is 54.9 Å². The molecule has 0 radical (unpaired) electrons. The molecule has 0 aliphatic rings. The molecule has 2 N–H and O–H groups in total. The van der Waals surface area contributed by atoms with Gasteiger partial charge in [-0.3, -0.25) is 19.6 Å². The fourth-order valence-electron chi connectivity index (χ4n) is 2.24. The molecular weight excluding hydrogens is 387 g/mol. The van der Waals surface area contributed by atoms with Gasteiger partial charge in [0.1, 0.15) is 17.1 Å². The van der Waals surface area contributed by atoms with E-state index in [1.165, 1.54) is 49.8 Å². The minimum atomic E-state index is -0.699. The third-order valence-corrected chi connectivity index (χ3v) is 3.80. The van der Waals surface area contributed by atoms with Crippen molar-refractivity contribution in [2.75, 3.05) is 12.4 Å². The van der Waals surface area contributed by atoms with Crippen LogP contribution in [0.2, 0.25) is 5.02 Å². The molecular formula is C19H14ClFN4O3. The quantitative estimate of drug-likeness (QED) is 0.681. The number of nitrogens with zero attached hydrogens (tertiary/aromatic N) is 2. The van der Waals surface area contributed by atoms with Gasteiger partial charge in [-0.05, 0) is 30.3 Å². The molecule has 0 aliphatic heterocycles. The van der Waals surface area contributed by atoms with Crippen molar-refractivity contribution in [3.05, 3.63) is 77.1 Å². The van der Waals surface area contributed by atoms with Crippen molar-refractivity contribution in [3.63, 3.8) is 0 Å². The Kier molecular flexibility index (Phi) is 5.81. The van der Waals surface area contributed by atoms with E-state index in [4.69, 9.17) is 16.3 Å². The summed E-state index contributed by atoms with van der Waals surface area (Å²) in [5, 5.41) is 5.34. The maximum Gasteiger partial charge on any atom is 0.274 e. The summed E-state index contributed by atoms with van der Waals surface area (Å²) in [4.78, 5) is 31.6. The lowest BCUT2D eigenvalue weighted by atomic mass is 10.2. The van der Waals surface area contributed by atoms with E-state index in [1.807, 2.05) is 0 Å². The summed E-state index contributed by atoms with van der Waals surface area (Å²) in [5.41, 5.74) is 0.461. The normalized spacial score (nSPS) is 10.2. The second kappa shape index (κ2) is 8.45. The summed E-state index contributed by atoms with van der Waals surface area (Å²) in [5.74, 6) is -1.45. The van der Waals surface area contributed by atoms with Gasteiger partial charge in [-0.2, -0.15) is 0 Å². The number of pyridine rings is 2. The van der Waals surface area contributed by atoms with Crippen LogP contribution in [0.1, 0.15) is 21.0 Å². The Bertz CT molecular complexity index is 1050. The zero-order valence-corrected chi connectivity index (χ0v) is 15.3. The van der Waals surface area contributed by atoms with Crippen LogP contribution in [-0.2, 0) is 0 Å². The van der Waals surface area contributed by atoms with Crippen LogP contribution in [-0.4, -0.2) is 28.8 Å². The van der Waals surface area contributed by atoms with Crippen LogP contribution < -0.4 is 15.4 Å². The number of benzene rings is 1. The van der Waals surface area contributed by atoms with E-state index in [1.54, 1.807) is 6.07 Å². The first-order valence-electron chi connectivity index (χ1n) is 8.04. The number of anilines is 1. The van der Waals surface area contributed by atoms with E-state index in [0.29, 0.717) is 5.02 Å². The largest absolute Gasteiger partial charge is 0.454 e. The van der Waals surface area contributed by atoms with Crippen molar-refractivity contribution in [2.24, 2.45) is 0 Å². The molecule has 3 aromatic rings. The molecule has 0 bridgehead atoms. The molecule has 7 nitrogen and oxygen atoms in total. The lowest BCUT2D eigenvalue weighted by Crippen LogP contribution is -2.18. The Morgan fingerprint density at radius 2 is 1.71 bits per heavy atom. The number of rotatable bonds is 5. The molecule has 2 amide bonds. The van der Waals surface area contributed by atoms with Crippen molar-refractivity contribution in [2.45, 2.75) is 0 Å². The van der Waals surface area contributed by atoms with E-state index in [9.17, 15) is 14.0 Å². The number of carbonyl (C=O) groups excluding carboxylic acids is 2. The summed E-state index contributed by atoms with van der Waals surface area (Å²) in [6.45, 7) is 0. The highest BCUT2D eigenvalue weighted by Gasteiger charge is 2.12. The minimum Gasteiger partial charge on any atom is -0.454 e. The molecule has 0 saturated carbocycles. The van der Waals surface area contributed by atoms with Crippen molar-refractivity contribution < 1.29 is 18.7 Å². The zero-order chi connectivity index (χ0) is 20.1. The fraction of sp³-hybridized carbons (Fsp3) is 0.0526. The number of carbonyl (C=O) groups is 2. The van der Waals surface area contributed by atoms with Crippen LogP contribution >= 0.6 is 11.6 Å². The Balaban J connectivity index is 1.74. The average Bonchev–Trinajstić information content (AvgIpc) is 2.69. The van der Waals surface area contributed by atoms with Crippen molar-refractivity contribution in [1.29, 1.82) is 0 Å². The van der Waals surface area contributed by atoms with Crippen molar-refractivity contribution in [3.8, 4) is 11.5 Å². The maximum atomic E-state index is 14.4. The smallest absolute Gasteiger partial charge is 0.274 e. The molecule has 0 aliphatic carbocycles. The monoisotopic (exact) mass is 400 g/mol. The molecule has 3 rings (SSSR count). The maximum absolute atomic E-state index is 14.4. The van der Waals surface area contributed by atoms with Crippen LogP contribution in [0.25, 0.3) is 0 Å². The lowest BCUT2D eigenvalue weighted by Gasteiger charge is -2.10. The summed E-state index contributed by atoms with van der Waals surface area (Å²) in [7, 11) is 1.48. The molecule has 0 fully saturated rings. The predicted octanol–water partition coefficient (Wildman–Crippen LogP) is 3.67. The van der Waals surface area contributed by atoms with Crippen LogP contribution in [0, 0.1) is 5.82 Å². The summed E-state index contributed by atoms with van der Waals surface area (Å²) in [6.07, 6.45) is 2.78. The highest BCUT2D eigenvalue weighted by Crippen LogP contribution is 2.27. The molecule has 142 valence electrons. The molecule has 0 unspecified atom stereocenters. The molecule has 28 heavy (non-hydrogen) atoms. The Labute approximate surface area is 164 Å². The first-order valence-corrected chi connectivity index (χ1v) is 8.42. The Morgan fingerprint density at radius 3 is 2.39 bits per heavy atom. The van der Waals surface area contributed by atoms with E-state index in [-0.39, 0.29) is 28.6 Å². The van der Waals surface area contributed by atoms with Gasteiger partial charge >= 0.3 is 0 Å². The second-order valence-electron chi connectivity index (χ2n) is 5.52. The third-order valence-electron chi connectivity index (χ3n) is 3.56. The number of hydrogen-bond donors (Lipinski definition) is 2. The molecule has 1 aromatic carbocycles. The second-order valence-corrected chi connectivity index (χ2v) is 5.95. The summed E-state index contributed by atoms with van der Waals surface area (Å²) >= 11 is 5.83. The summed E-state index contributed by atoms with van der Waals surface area (Å²) < 4.78 is 19.8. The van der Waals surface area contributed by atoms with Gasteiger partial charge in [0.25, 0.3) is 11.8 Å². The van der Waals surface area contributed by atoms with Gasteiger partial charge in [-0.15, -0.1) is 0 Å². The number of halogens is 2. The van der Waals surface area contributed by atoms with Crippen LogP contribution in [0.4, 0.5) is 10.1 Å². The first kappa shape index (κ1) is 19.2. The van der Waals surface area contributed by atoms with Gasteiger partial charge in [-0.1, -0.05) is 11.6 Å². The summed E-state index contributed by atoms with van der Waals surface area (Å²) in [6, 6.07) is 9.76. The number of ether oxygens (including phenoxy) is 1. The average molecular weight is 401 g/mol. The number of amides is 2. The van der Waals surface area contributed by atoms with Crippen LogP contribution in [0.5, 0.6) is 11.5 Å². The van der Waals surface area contributed by atoms with Gasteiger partial charge in [0.15, 0.2) is 11.6 Å². The van der Waals surface area contributed by atoms with Crippen LogP contribution in [0.3, 0.4) is 0 Å². The SMILES string of the molecule is CNC(=O)c1cc(Oc2ccc(NC(=O)c3cc(Cl)ccn3)cc2F)ccn1. The number of nitrogens with one attached hydrogen (secondary N) is 2. The highest BCUT2D eigenvalue weighted by molar-refractivity contribution is 6.30. The van der Waals surface area contributed by atoms with Crippen molar-refractivity contribution in [1.82, 2.24) is 15.3 Å². The topological polar surface area (TPSA) is 93.2 Å². The molecule has 9 heteroatoms. The van der Waals surface area contributed by atoms with E-state index in [2.05, 4.69) is 20.6 Å². The molecule has 0 atom stereocenters. The lowest BCUT2D eigenvalue weighted by molar-refractivity contribution is 0.0957. The van der Waals surface area contributed by atoms with E-state index < -0.39 is 17.6 Å². The predicted molar refractivity (Wildman–Crippen MR) is 101 cm³/mol. The first-order chi connectivity index (χ1) is 13.5. The van der Waals surface area contributed by atoms with Gasteiger partial charge in [0.05, 0.1) is 0 Å². The van der Waals surface area contributed by atoms with Gasteiger partial charge in [-0.25, -0.2) is 4.39 Å². The minimum absolute atomic E-state index is 0.0760.